The van der Waals surface area contributed by atoms with Crippen LogP contribution in [0.2, 0.25) is 0 Å². The van der Waals surface area contributed by atoms with E-state index >= 15 is 0 Å². The van der Waals surface area contributed by atoms with Crippen molar-refractivity contribution in [1.29, 1.82) is 0 Å². The molecule has 0 bridgehead atoms. The molecule has 2 nitrogen and oxygen atoms in total. The van der Waals surface area contributed by atoms with Gasteiger partial charge < -0.3 is 9.84 Å². The zero-order valence-corrected chi connectivity index (χ0v) is 9.75. The molecular weight excluding hydrogens is 176 g/mol. The van der Waals surface area contributed by atoms with E-state index in [1.807, 2.05) is 0 Å². The van der Waals surface area contributed by atoms with Crippen molar-refractivity contribution in [3.8, 4) is 0 Å². The maximum absolute atomic E-state index is 8.70. The van der Waals surface area contributed by atoms with Gasteiger partial charge in [-0.1, -0.05) is 32.3 Å². The van der Waals surface area contributed by atoms with Gasteiger partial charge in [0.1, 0.15) is 0 Å². The molecule has 0 aliphatic carbocycles. The van der Waals surface area contributed by atoms with E-state index in [4.69, 9.17) is 9.84 Å². The fourth-order valence-corrected chi connectivity index (χ4v) is 1.53. The average molecular weight is 200 g/mol. The second kappa shape index (κ2) is 9.22. The Bertz CT molecular complexity index is 152. The summed E-state index contributed by atoms with van der Waals surface area (Å²) in [6, 6.07) is 0. The van der Waals surface area contributed by atoms with E-state index in [1.54, 1.807) is 7.11 Å². The third-order valence-corrected chi connectivity index (χ3v) is 2.46. The van der Waals surface area contributed by atoms with Gasteiger partial charge in [-0.3, -0.25) is 0 Å². The molecule has 0 radical (unpaired) electrons. The van der Waals surface area contributed by atoms with E-state index in [0.717, 1.165) is 12.8 Å². The zero-order valence-electron chi connectivity index (χ0n) is 9.75. The molecule has 0 aliphatic rings. The standard InChI is InChI=1S/C12H24O2/c1-4-5-6-9-12(14-3)11(2)8-7-10-13/h8,12-13H,4-7,9-10H2,1-3H3. The van der Waals surface area contributed by atoms with Crippen LogP contribution in [0.1, 0.15) is 46.0 Å². The molecule has 14 heavy (non-hydrogen) atoms. The number of hydrogen-bond donors (Lipinski definition) is 1. The van der Waals surface area contributed by atoms with Crippen LogP contribution in [0, 0.1) is 0 Å². The maximum Gasteiger partial charge on any atom is 0.0778 e. The van der Waals surface area contributed by atoms with Crippen molar-refractivity contribution in [1.82, 2.24) is 0 Å². The quantitative estimate of drug-likeness (QED) is 0.482. The SMILES string of the molecule is CCCCCC(OC)C(C)=CCCO. The summed E-state index contributed by atoms with van der Waals surface area (Å²) in [6.07, 6.45) is 7.88. The predicted octanol–water partition coefficient (Wildman–Crippen LogP) is 2.91. The summed E-state index contributed by atoms with van der Waals surface area (Å²) in [5, 5.41) is 8.70. The zero-order chi connectivity index (χ0) is 10.8. The summed E-state index contributed by atoms with van der Waals surface area (Å²) in [7, 11) is 1.76. The van der Waals surface area contributed by atoms with Gasteiger partial charge in [-0.2, -0.15) is 0 Å². The molecule has 0 rings (SSSR count). The minimum absolute atomic E-state index is 0.225. The first-order chi connectivity index (χ1) is 6.76. The molecule has 1 unspecified atom stereocenters. The third kappa shape index (κ3) is 6.17. The summed E-state index contributed by atoms with van der Waals surface area (Å²) < 4.78 is 5.41. The van der Waals surface area contributed by atoms with E-state index < -0.39 is 0 Å². The predicted molar refractivity (Wildman–Crippen MR) is 60.4 cm³/mol. The van der Waals surface area contributed by atoms with E-state index in [2.05, 4.69) is 19.9 Å². The molecule has 0 amide bonds. The second-order valence-corrected chi connectivity index (χ2v) is 3.68. The first kappa shape index (κ1) is 13.7. The molecule has 0 saturated carbocycles. The molecule has 0 aromatic rings. The summed E-state index contributed by atoms with van der Waals surface area (Å²) in [5.41, 5.74) is 1.25. The highest BCUT2D eigenvalue weighted by Gasteiger charge is 2.08. The van der Waals surface area contributed by atoms with Crippen LogP contribution in [0.15, 0.2) is 11.6 Å². The molecule has 2 heteroatoms. The van der Waals surface area contributed by atoms with Crippen LogP contribution in [0.4, 0.5) is 0 Å². The lowest BCUT2D eigenvalue weighted by Crippen LogP contribution is -2.12. The molecule has 0 aromatic heterocycles. The van der Waals surface area contributed by atoms with E-state index in [1.165, 1.54) is 24.8 Å². The molecule has 0 heterocycles. The van der Waals surface area contributed by atoms with Crippen LogP contribution in [0.3, 0.4) is 0 Å². The highest BCUT2D eigenvalue weighted by atomic mass is 16.5. The largest absolute Gasteiger partial charge is 0.396 e. The summed E-state index contributed by atoms with van der Waals surface area (Å²) >= 11 is 0. The molecule has 84 valence electrons. The van der Waals surface area contributed by atoms with Crippen molar-refractivity contribution < 1.29 is 9.84 Å². The Labute approximate surface area is 88.0 Å². The highest BCUT2D eigenvalue weighted by Crippen LogP contribution is 2.14. The highest BCUT2D eigenvalue weighted by molar-refractivity contribution is 5.04. The summed E-state index contributed by atoms with van der Waals surface area (Å²) in [4.78, 5) is 0. The molecule has 1 N–H and O–H groups in total. The van der Waals surface area contributed by atoms with Gasteiger partial charge in [0.25, 0.3) is 0 Å². The first-order valence-corrected chi connectivity index (χ1v) is 5.56. The number of ether oxygens (including phenoxy) is 1. The van der Waals surface area contributed by atoms with E-state index in [-0.39, 0.29) is 12.7 Å². The lowest BCUT2D eigenvalue weighted by molar-refractivity contribution is 0.121. The maximum atomic E-state index is 8.70. The number of rotatable bonds is 8. The van der Waals surface area contributed by atoms with E-state index in [0.29, 0.717) is 0 Å². The van der Waals surface area contributed by atoms with Gasteiger partial charge in [-0.25, -0.2) is 0 Å². The van der Waals surface area contributed by atoms with Gasteiger partial charge in [-0.05, 0) is 25.3 Å². The van der Waals surface area contributed by atoms with Gasteiger partial charge >= 0.3 is 0 Å². The Hall–Kier alpha value is -0.340. The smallest absolute Gasteiger partial charge is 0.0778 e. The van der Waals surface area contributed by atoms with Crippen molar-refractivity contribution >= 4 is 0 Å². The normalized spacial score (nSPS) is 14.4. The van der Waals surface area contributed by atoms with Crippen molar-refractivity contribution in [3.63, 3.8) is 0 Å². The molecule has 1 atom stereocenters. The number of aliphatic hydroxyl groups excluding tert-OH is 1. The van der Waals surface area contributed by atoms with Crippen LogP contribution in [0.5, 0.6) is 0 Å². The van der Waals surface area contributed by atoms with Gasteiger partial charge in [-0.15, -0.1) is 0 Å². The van der Waals surface area contributed by atoms with Gasteiger partial charge in [0, 0.05) is 13.7 Å². The van der Waals surface area contributed by atoms with Crippen LogP contribution in [-0.4, -0.2) is 24.9 Å². The van der Waals surface area contributed by atoms with Crippen LogP contribution < -0.4 is 0 Å². The van der Waals surface area contributed by atoms with Gasteiger partial charge in [0.05, 0.1) is 6.10 Å². The molecule has 0 fully saturated rings. The fraction of sp³-hybridized carbons (Fsp3) is 0.833. The van der Waals surface area contributed by atoms with Gasteiger partial charge in [0.2, 0.25) is 0 Å². The molecule has 0 spiro atoms. The molecule has 0 aromatic carbocycles. The third-order valence-electron chi connectivity index (χ3n) is 2.46. The second-order valence-electron chi connectivity index (χ2n) is 3.68. The Balaban J connectivity index is 3.85. The summed E-state index contributed by atoms with van der Waals surface area (Å²) in [5.74, 6) is 0. The lowest BCUT2D eigenvalue weighted by atomic mass is 10.0. The fourth-order valence-electron chi connectivity index (χ4n) is 1.53. The molecule has 0 saturated heterocycles. The molecule has 0 aliphatic heterocycles. The lowest BCUT2D eigenvalue weighted by Gasteiger charge is -2.15. The minimum atomic E-state index is 0.225. The van der Waals surface area contributed by atoms with Crippen LogP contribution in [-0.2, 0) is 4.74 Å². The average Bonchev–Trinajstić information content (AvgIpc) is 2.21. The van der Waals surface area contributed by atoms with Crippen molar-refractivity contribution in [2.75, 3.05) is 13.7 Å². The number of unbranched alkanes of at least 4 members (excludes halogenated alkanes) is 2. The van der Waals surface area contributed by atoms with Crippen LogP contribution in [0.25, 0.3) is 0 Å². The monoisotopic (exact) mass is 200 g/mol. The van der Waals surface area contributed by atoms with Crippen molar-refractivity contribution in [3.05, 3.63) is 11.6 Å². The molecular formula is C12H24O2. The topological polar surface area (TPSA) is 29.5 Å². The Kier molecular flexibility index (Phi) is 9.00. The van der Waals surface area contributed by atoms with Crippen molar-refractivity contribution in [2.24, 2.45) is 0 Å². The van der Waals surface area contributed by atoms with Crippen molar-refractivity contribution in [2.45, 2.75) is 52.1 Å². The van der Waals surface area contributed by atoms with Gasteiger partial charge in [0.15, 0.2) is 0 Å². The number of methoxy groups -OCH3 is 1. The summed E-state index contributed by atoms with van der Waals surface area (Å²) in [6.45, 7) is 4.51. The Morgan fingerprint density at radius 3 is 2.64 bits per heavy atom. The first-order valence-electron chi connectivity index (χ1n) is 5.56. The van der Waals surface area contributed by atoms with Crippen LogP contribution >= 0.6 is 0 Å². The Morgan fingerprint density at radius 2 is 2.14 bits per heavy atom. The minimum Gasteiger partial charge on any atom is -0.396 e. The number of hydrogen-bond acceptors (Lipinski definition) is 2. The Morgan fingerprint density at radius 1 is 1.43 bits per heavy atom. The number of aliphatic hydroxyl groups is 1. The van der Waals surface area contributed by atoms with E-state index in [9.17, 15) is 0 Å².